The van der Waals surface area contributed by atoms with Crippen molar-refractivity contribution in [1.82, 2.24) is 0 Å². The Morgan fingerprint density at radius 1 is 0.889 bits per heavy atom. The predicted octanol–water partition coefficient (Wildman–Crippen LogP) is 5.81. The number of fused-ring (bicyclic) bond motifs is 1. The Morgan fingerprint density at radius 2 is 1.50 bits per heavy atom. The molecule has 2 aliphatic heterocycles. The van der Waals surface area contributed by atoms with Crippen molar-refractivity contribution in [2.75, 3.05) is 16.6 Å². The number of alkyl halides is 3. The second-order valence-corrected chi connectivity index (χ2v) is 8.79. The molecular formula is C26H20ClF3N2O4. The normalized spacial score (nSPS) is 21.8. The van der Waals surface area contributed by atoms with E-state index in [4.69, 9.17) is 21.2 Å². The van der Waals surface area contributed by atoms with Crippen LogP contribution in [-0.4, -0.2) is 24.5 Å². The molecule has 0 saturated carbocycles. The highest BCUT2D eigenvalue weighted by Crippen LogP contribution is 2.48. The van der Waals surface area contributed by atoms with Crippen LogP contribution in [0.1, 0.15) is 24.1 Å². The van der Waals surface area contributed by atoms with E-state index < -0.39 is 41.6 Å². The molecule has 2 fully saturated rings. The zero-order valence-electron chi connectivity index (χ0n) is 18.9. The second-order valence-electron chi connectivity index (χ2n) is 8.36. The van der Waals surface area contributed by atoms with Gasteiger partial charge in [0.1, 0.15) is 11.7 Å². The summed E-state index contributed by atoms with van der Waals surface area (Å²) >= 11 is 6.00. The monoisotopic (exact) mass is 516 g/mol. The van der Waals surface area contributed by atoms with Crippen LogP contribution in [0.15, 0.2) is 72.8 Å². The molecule has 0 spiro atoms. The van der Waals surface area contributed by atoms with Gasteiger partial charge in [-0.2, -0.15) is 13.2 Å². The molecule has 186 valence electrons. The van der Waals surface area contributed by atoms with Crippen LogP contribution in [0, 0.1) is 5.92 Å². The number of anilines is 2. The zero-order valence-corrected chi connectivity index (χ0v) is 19.7. The first-order valence-electron chi connectivity index (χ1n) is 11.2. The van der Waals surface area contributed by atoms with Crippen molar-refractivity contribution in [3.63, 3.8) is 0 Å². The first kappa shape index (κ1) is 24.1. The summed E-state index contributed by atoms with van der Waals surface area (Å²) in [4.78, 5) is 34.0. The highest BCUT2D eigenvalue weighted by atomic mass is 35.5. The zero-order chi connectivity index (χ0) is 25.6. The van der Waals surface area contributed by atoms with Crippen LogP contribution in [-0.2, 0) is 20.6 Å². The summed E-state index contributed by atoms with van der Waals surface area (Å²) in [5.41, 5.74) is 0.451. The number of amides is 2. The van der Waals surface area contributed by atoms with Gasteiger partial charge in [-0.25, -0.2) is 9.96 Å². The molecule has 36 heavy (non-hydrogen) atoms. The van der Waals surface area contributed by atoms with Gasteiger partial charge in [0.25, 0.3) is 5.91 Å². The molecule has 2 heterocycles. The quantitative estimate of drug-likeness (QED) is 0.401. The molecule has 3 aromatic carbocycles. The number of carbonyl (C=O) groups excluding carboxylic acids is 2. The Kier molecular flexibility index (Phi) is 6.13. The van der Waals surface area contributed by atoms with Crippen molar-refractivity contribution < 1.29 is 32.3 Å². The maximum absolute atomic E-state index is 13.6. The van der Waals surface area contributed by atoms with E-state index in [1.807, 2.05) is 6.92 Å². The predicted molar refractivity (Wildman–Crippen MR) is 127 cm³/mol. The number of benzene rings is 3. The van der Waals surface area contributed by atoms with Gasteiger partial charge in [-0.15, -0.1) is 0 Å². The molecule has 0 unspecified atom stereocenters. The maximum atomic E-state index is 13.6. The summed E-state index contributed by atoms with van der Waals surface area (Å²) in [5, 5.41) is 1.87. The molecule has 2 saturated heterocycles. The molecule has 3 atom stereocenters. The first-order valence-corrected chi connectivity index (χ1v) is 11.6. The molecule has 6 nitrogen and oxygen atoms in total. The minimum atomic E-state index is -4.51. The number of ether oxygens (including phenoxy) is 1. The van der Waals surface area contributed by atoms with Crippen LogP contribution in [0.3, 0.4) is 0 Å². The molecule has 0 bridgehead atoms. The number of nitrogens with zero attached hydrogens (tertiary/aromatic N) is 2. The summed E-state index contributed by atoms with van der Waals surface area (Å²) in [6.45, 7) is 2.31. The summed E-state index contributed by atoms with van der Waals surface area (Å²) in [5.74, 6) is -1.44. The lowest BCUT2D eigenvalue weighted by Gasteiger charge is -2.29. The Labute approximate surface area is 209 Å². The molecule has 0 radical (unpaired) electrons. The van der Waals surface area contributed by atoms with Gasteiger partial charge in [0.2, 0.25) is 5.91 Å². The second kappa shape index (κ2) is 9.15. The van der Waals surface area contributed by atoms with Crippen LogP contribution >= 0.6 is 11.6 Å². The van der Waals surface area contributed by atoms with E-state index in [0.717, 1.165) is 17.0 Å². The Morgan fingerprint density at radius 3 is 2.08 bits per heavy atom. The van der Waals surface area contributed by atoms with Crippen molar-refractivity contribution >= 4 is 34.8 Å². The number of hydroxylamine groups is 1. The molecule has 3 aromatic rings. The summed E-state index contributed by atoms with van der Waals surface area (Å²) < 4.78 is 44.9. The van der Waals surface area contributed by atoms with Gasteiger partial charge >= 0.3 is 6.18 Å². The first-order chi connectivity index (χ1) is 17.2. The lowest BCUT2D eigenvalue weighted by atomic mass is 9.90. The largest absolute Gasteiger partial charge is 0.494 e. The summed E-state index contributed by atoms with van der Waals surface area (Å²) in [7, 11) is 0. The molecule has 0 aromatic heterocycles. The smallest absolute Gasteiger partial charge is 0.416 e. The molecule has 10 heteroatoms. The third-order valence-corrected chi connectivity index (χ3v) is 6.43. The van der Waals surface area contributed by atoms with Crippen molar-refractivity contribution in [2.24, 2.45) is 5.92 Å². The third kappa shape index (κ3) is 4.18. The van der Waals surface area contributed by atoms with Crippen LogP contribution in [0.25, 0.3) is 0 Å². The van der Waals surface area contributed by atoms with Crippen molar-refractivity contribution in [1.29, 1.82) is 0 Å². The van der Waals surface area contributed by atoms with Gasteiger partial charge in [-0.1, -0.05) is 23.7 Å². The maximum Gasteiger partial charge on any atom is 0.416 e. The van der Waals surface area contributed by atoms with Gasteiger partial charge in [-0.3, -0.25) is 14.4 Å². The van der Waals surface area contributed by atoms with E-state index in [2.05, 4.69) is 0 Å². The van der Waals surface area contributed by atoms with E-state index in [1.165, 1.54) is 17.2 Å². The Bertz CT molecular complexity index is 1280. The highest BCUT2D eigenvalue weighted by Gasteiger charge is 2.60. The van der Waals surface area contributed by atoms with E-state index in [-0.39, 0.29) is 0 Å². The van der Waals surface area contributed by atoms with E-state index in [1.54, 1.807) is 48.5 Å². The van der Waals surface area contributed by atoms with Crippen LogP contribution in [0.5, 0.6) is 5.75 Å². The van der Waals surface area contributed by atoms with Gasteiger partial charge in [0.15, 0.2) is 6.10 Å². The van der Waals surface area contributed by atoms with E-state index >= 15 is 0 Å². The number of halogens is 4. The molecule has 0 N–H and O–H groups in total. The minimum Gasteiger partial charge on any atom is -0.494 e. The molecule has 2 amide bonds. The van der Waals surface area contributed by atoms with Crippen LogP contribution in [0.4, 0.5) is 24.5 Å². The minimum absolute atomic E-state index is 0.357. The highest BCUT2D eigenvalue weighted by molar-refractivity contribution is 6.30. The van der Waals surface area contributed by atoms with Gasteiger partial charge in [0, 0.05) is 5.02 Å². The molecule has 5 rings (SSSR count). The fourth-order valence-corrected chi connectivity index (χ4v) is 4.67. The van der Waals surface area contributed by atoms with Crippen molar-refractivity contribution in [3.05, 3.63) is 88.9 Å². The Balaban J connectivity index is 1.53. The molecular weight excluding hydrogens is 497 g/mol. The number of hydrogen-bond donors (Lipinski definition) is 0. The number of hydrogen-bond acceptors (Lipinski definition) is 5. The third-order valence-electron chi connectivity index (χ3n) is 6.18. The van der Waals surface area contributed by atoms with E-state index in [9.17, 15) is 22.8 Å². The SMILES string of the molecule is CCOc1ccc(N2C(=O)[C@@H]3[C@H](ON(c4ccc(Cl)cc4)[C@H]3c3ccc(C(F)(F)F)cc3)C2=O)cc1. The van der Waals surface area contributed by atoms with Gasteiger partial charge < -0.3 is 4.74 Å². The topological polar surface area (TPSA) is 59.1 Å². The van der Waals surface area contributed by atoms with E-state index in [0.29, 0.717) is 34.3 Å². The lowest BCUT2D eigenvalue weighted by molar-refractivity contribution is -0.137. The number of carbonyl (C=O) groups is 2. The summed E-state index contributed by atoms with van der Waals surface area (Å²) in [6.07, 6.45) is -5.65. The number of imide groups is 1. The molecule has 0 aliphatic carbocycles. The fraction of sp³-hybridized carbons (Fsp3) is 0.231. The summed E-state index contributed by atoms with van der Waals surface area (Å²) in [6, 6.07) is 16.7. The van der Waals surface area contributed by atoms with Crippen LogP contribution < -0.4 is 14.7 Å². The number of rotatable bonds is 5. The average Bonchev–Trinajstić information content (AvgIpc) is 3.36. The standard InChI is InChI=1S/C26H20ClF3N2O4/c1-2-35-20-13-11-18(12-14-20)31-24(33)21-22(15-3-5-16(6-4-15)26(28,29)30)32(36-23(21)25(31)34)19-9-7-17(27)8-10-19/h3-14,21-23H,2H2,1H3/t21-,22-,23-/m0/s1. The Hall–Kier alpha value is -3.56. The van der Waals surface area contributed by atoms with Crippen LogP contribution in [0.2, 0.25) is 5.02 Å². The van der Waals surface area contributed by atoms with Crippen molar-refractivity contribution in [2.45, 2.75) is 25.2 Å². The lowest BCUT2D eigenvalue weighted by Crippen LogP contribution is -2.37. The van der Waals surface area contributed by atoms with Crippen molar-refractivity contribution in [3.8, 4) is 5.75 Å². The molecule has 2 aliphatic rings. The van der Waals surface area contributed by atoms with Gasteiger partial charge in [0.05, 0.1) is 29.6 Å². The fourth-order valence-electron chi connectivity index (χ4n) is 4.55. The average molecular weight is 517 g/mol. The van der Waals surface area contributed by atoms with Gasteiger partial charge in [-0.05, 0) is 73.2 Å².